The smallest absolute Gasteiger partial charge is 0.327 e. The third kappa shape index (κ3) is 6.42. The van der Waals surface area contributed by atoms with Gasteiger partial charge in [0.1, 0.15) is 6.61 Å². The first kappa shape index (κ1) is 17.2. The van der Waals surface area contributed by atoms with Gasteiger partial charge in [0, 0.05) is 0 Å². The Morgan fingerprint density at radius 1 is 1.33 bits per heavy atom. The van der Waals surface area contributed by atoms with Crippen LogP contribution < -0.4 is 4.72 Å². The maximum atomic E-state index is 12.1. The van der Waals surface area contributed by atoms with Crippen LogP contribution in [0.25, 0.3) is 0 Å². The van der Waals surface area contributed by atoms with E-state index in [9.17, 15) is 13.2 Å². The Labute approximate surface area is 124 Å². The van der Waals surface area contributed by atoms with E-state index in [-0.39, 0.29) is 12.4 Å². The van der Waals surface area contributed by atoms with Crippen LogP contribution in [0.5, 0.6) is 0 Å². The van der Waals surface area contributed by atoms with E-state index in [1.807, 2.05) is 0 Å². The van der Waals surface area contributed by atoms with Crippen molar-refractivity contribution in [3.8, 4) is 0 Å². The lowest BCUT2D eigenvalue weighted by Crippen LogP contribution is -2.44. The lowest BCUT2D eigenvalue weighted by atomic mass is 10.2. The Kier molecular flexibility index (Phi) is 6.39. The monoisotopic (exact) mass is 313 g/mol. The zero-order valence-corrected chi connectivity index (χ0v) is 12.9. The van der Waals surface area contributed by atoms with Crippen molar-refractivity contribution in [1.82, 2.24) is 4.72 Å². The van der Waals surface area contributed by atoms with Crippen molar-refractivity contribution < 1.29 is 22.7 Å². The third-order valence-corrected chi connectivity index (χ3v) is 3.86. The number of ether oxygens (including phenoxy) is 2. The fourth-order valence-corrected chi connectivity index (χ4v) is 2.88. The second-order valence-electron chi connectivity index (χ2n) is 4.45. The van der Waals surface area contributed by atoms with E-state index in [4.69, 9.17) is 4.74 Å². The molecule has 0 aliphatic carbocycles. The van der Waals surface area contributed by atoms with Crippen LogP contribution in [0.1, 0.15) is 12.5 Å². The van der Waals surface area contributed by atoms with E-state index in [1.54, 1.807) is 37.3 Å². The number of nitrogens with one attached hydrogen (secondary N) is 1. The molecule has 0 aliphatic heterocycles. The molecule has 0 aromatic heterocycles. The summed E-state index contributed by atoms with van der Waals surface area (Å²) in [6.45, 7) is 4.96. The number of benzene rings is 1. The van der Waals surface area contributed by atoms with Gasteiger partial charge in [-0.05, 0) is 12.5 Å². The summed E-state index contributed by atoms with van der Waals surface area (Å²) in [4.78, 5) is 11.6. The molecule has 0 saturated heterocycles. The van der Waals surface area contributed by atoms with Gasteiger partial charge >= 0.3 is 5.97 Å². The molecule has 1 rings (SSSR count). The normalized spacial score (nSPS) is 12.5. The molecule has 1 aromatic carbocycles. The van der Waals surface area contributed by atoms with Crippen molar-refractivity contribution in [1.29, 1.82) is 0 Å². The van der Waals surface area contributed by atoms with E-state index in [1.165, 1.54) is 7.11 Å². The summed E-state index contributed by atoms with van der Waals surface area (Å²) in [6, 6.07) is 7.55. The molecule has 1 atom stereocenters. The first-order valence-corrected chi connectivity index (χ1v) is 7.89. The molecule has 116 valence electrons. The molecule has 0 amide bonds. The molecule has 6 nitrogen and oxygen atoms in total. The number of hydrogen-bond donors (Lipinski definition) is 1. The predicted molar refractivity (Wildman–Crippen MR) is 78.8 cm³/mol. The Morgan fingerprint density at radius 3 is 2.48 bits per heavy atom. The molecule has 1 aromatic rings. The van der Waals surface area contributed by atoms with Crippen molar-refractivity contribution in [2.75, 3.05) is 13.7 Å². The van der Waals surface area contributed by atoms with Gasteiger partial charge in [-0.2, -0.15) is 4.72 Å². The highest BCUT2D eigenvalue weighted by Crippen LogP contribution is 2.06. The molecular formula is C14H19NO5S. The van der Waals surface area contributed by atoms with Gasteiger partial charge in [-0.1, -0.05) is 36.9 Å². The van der Waals surface area contributed by atoms with Gasteiger partial charge in [0.25, 0.3) is 0 Å². The molecule has 0 radical (unpaired) electrons. The lowest BCUT2D eigenvalue weighted by Gasteiger charge is -2.17. The van der Waals surface area contributed by atoms with Gasteiger partial charge < -0.3 is 9.47 Å². The standard InChI is InChI=1S/C14H19NO5S/c1-11(2)20-9-13(14(16)19-3)15-21(17,18)10-12-7-5-4-6-8-12/h4-8,13,15H,1,9-10H2,2-3H3/t13-/m1/s1. The molecule has 0 saturated carbocycles. The van der Waals surface area contributed by atoms with E-state index in [0.29, 0.717) is 11.3 Å². The average Bonchev–Trinajstić information content (AvgIpc) is 2.43. The SMILES string of the molecule is C=C(C)OC[C@@H](NS(=O)(=O)Cc1ccccc1)C(=O)OC. The van der Waals surface area contributed by atoms with Crippen molar-refractivity contribution >= 4 is 16.0 Å². The number of allylic oxidation sites excluding steroid dienone is 1. The van der Waals surface area contributed by atoms with Gasteiger partial charge in [0.05, 0.1) is 18.6 Å². The minimum Gasteiger partial charge on any atom is -0.497 e. The fraction of sp³-hybridized carbons (Fsp3) is 0.357. The van der Waals surface area contributed by atoms with Gasteiger partial charge in [0.15, 0.2) is 6.04 Å². The van der Waals surface area contributed by atoms with E-state index in [2.05, 4.69) is 16.0 Å². The number of esters is 1. The lowest BCUT2D eigenvalue weighted by molar-refractivity contribution is -0.143. The molecule has 1 N–H and O–H groups in total. The topological polar surface area (TPSA) is 81.7 Å². The Balaban J connectivity index is 2.76. The number of methoxy groups -OCH3 is 1. The van der Waals surface area contributed by atoms with Crippen molar-refractivity contribution in [3.63, 3.8) is 0 Å². The van der Waals surface area contributed by atoms with Crippen LogP contribution in [0, 0.1) is 0 Å². The van der Waals surface area contributed by atoms with Crippen molar-refractivity contribution in [3.05, 3.63) is 48.2 Å². The molecule has 7 heteroatoms. The highest BCUT2D eigenvalue weighted by molar-refractivity contribution is 7.88. The second-order valence-corrected chi connectivity index (χ2v) is 6.21. The quantitative estimate of drug-likeness (QED) is 0.576. The van der Waals surface area contributed by atoms with Crippen LogP contribution in [0.4, 0.5) is 0 Å². The zero-order valence-electron chi connectivity index (χ0n) is 12.0. The van der Waals surface area contributed by atoms with Gasteiger partial charge in [-0.25, -0.2) is 8.42 Å². The van der Waals surface area contributed by atoms with Crippen LogP contribution in [-0.4, -0.2) is 34.1 Å². The highest BCUT2D eigenvalue weighted by atomic mass is 32.2. The molecule has 0 bridgehead atoms. The minimum atomic E-state index is -3.70. The predicted octanol–water partition coefficient (Wildman–Crippen LogP) is 1.20. The number of rotatable bonds is 8. The van der Waals surface area contributed by atoms with Crippen molar-refractivity contribution in [2.45, 2.75) is 18.7 Å². The van der Waals surface area contributed by atoms with Crippen LogP contribution >= 0.6 is 0 Å². The highest BCUT2D eigenvalue weighted by Gasteiger charge is 2.26. The van der Waals surface area contributed by atoms with Crippen LogP contribution in [0.15, 0.2) is 42.7 Å². The van der Waals surface area contributed by atoms with Gasteiger partial charge in [-0.3, -0.25) is 4.79 Å². The molecule has 0 spiro atoms. The molecule has 0 unspecified atom stereocenters. The molecule has 21 heavy (non-hydrogen) atoms. The van der Waals surface area contributed by atoms with Gasteiger partial charge in [0.2, 0.25) is 10.0 Å². The van der Waals surface area contributed by atoms with Gasteiger partial charge in [-0.15, -0.1) is 0 Å². The maximum absolute atomic E-state index is 12.1. The third-order valence-electron chi connectivity index (χ3n) is 2.50. The summed E-state index contributed by atoms with van der Waals surface area (Å²) < 4.78 is 36.1. The van der Waals surface area contributed by atoms with Crippen LogP contribution in [0.3, 0.4) is 0 Å². The number of carbonyl (C=O) groups excluding carboxylic acids is 1. The number of hydrogen-bond acceptors (Lipinski definition) is 5. The fourth-order valence-electron chi connectivity index (χ4n) is 1.57. The molecule has 0 heterocycles. The summed E-state index contributed by atoms with van der Waals surface area (Å²) >= 11 is 0. The summed E-state index contributed by atoms with van der Waals surface area (Å²) in [5.41, 5.74) is 0.620. The van der Waals surface area contributed by atoms with E-state index in [0.717, 1.165) is 0 Å². The molecular weight excluding hydrogens is 294 g/mol. The number of sulfonamides is 1. The Morgan fingerprint density at radius 2 is 1.95 bits per heavy atom. The largest absolute Gasteiger partial charge is 0.497 e. The first-order chi connectivity index (χ1) is 9.84. The van der Waals surface area contributed by atoms with E-state index < -0.39 is 22.0 Å². The second kappa shape index (κ2) is 7.80. The maximum Gasteiger partial charge on any atom is 0.327 e. The summed E-state index contributed by atoms with van der Waals surface area (Å²) in [5.74, 6) is -0.562. The summed E-state index contributed by atoms with van der Waals surface area (Å²) in [7, 11) is -2.52. The van der Waals surface area contributed by atoms with Crippen LogP contribution in [0.2, 0.25) is 0 Å². The summed E-state index contributed by atoms with van der Waals surface area (Å²) in [6.07, 6.45) is 0. The van der Waals surface area contributed by atoms with Crippen molar-refractivity contribution in [2.24, 2.45) is 0 Å². The summed E-state index contributed by atoms with van der Waals surface area (Å²) in [5, 5.41) is 0. The number of carbonyl (C=O) groups is 1. The molecule has 0 aliphatic rings. The Bertz CT molecular complexity index is 583. The molecule has 0 fully saturated rings. The van der Waals surface area contributed by atoms with Crippen LogP contribution in [-0.2, 0) is 30.0 Å². The van der Waals surface area contributed by atoms with E-state index >= 15 is 0 Å². The minimum absolute atomic E-state index is 0.171. The zero-order chi connectivity index (χ0) is 15.9. The Hall–Kier alpha value is -1.86. The first-order valence-electron chi connectivity index (χ1n) is 6.24. The average molecular weight is 313 g/mol.